The largest absolute Gasteiger partial charge is 0.376 e. The van der Waals surface area contributed by atoms with Crippen molar-refractivity contribution in [3.63, 3.8) is 0 Å². The molecule has 0 aromatic heterocycles. The van der Waals surface area contributed by atoms with Crippen molar-refractivity contribution in [3.8, 4) is 0 Å². The van der Waals surface area contributed by atoms with E-state index in [1.165, 1.54) is 6.42 Å². The molecule has 0 amide bonds. The minimum absolute atomic E-state index is 0.182. The second kappa shape index (κ2) is 5.77. The zero-order chi connectivity index (χ0) is 14.9. The molecule has 0 bridgehead atoms. The molecule has 4 nitrogen and oxygen atoms in total. The van der Waals surface area contributed by atoms with Gasteiger partial charge in [-0.25, -0.2) is 4.39 Å². The Morgan fingerprint density at radius 1 is 1.35 bits per heavy atom. The summed E-state index contributed by atoms with van der Waals surface area (Å²) in [7, 11) is 0. The van der Waals surface area contributed by atoms with Crippen molar-refractivity contribution in [1.29, 1.82) is 0 Å². The number of nitrogens with zero attached hydrogens (tertiary/aromatic N) is 1. The summed E-state index contributed by atoms with van der Waals surface area (Å²) >= 11 is 0. The summed E-state index contributed by atoms with van der Waals surface area (Å²) in [5.74, 6) is 0.517. The molecule has 1 fully saturated rings. The van der Waals surface area contributed by atoms with Gasteiger partial charge in [0.25, 0.3) is 5.69 Å². The van der Waals surface area contributed by atoms with Crippen LogP contribution < -0.4 is 5.32 Å². The van der Waals surface area contributed by atoms with Crippen LogP contribution >= 0.6 is 0 Å². The molecule has 2 rings (SSSR count). The lowest BCUT2D eigenvalue weighted by Gasteiger charge is -2.35. The Labute approximate surface area is 118 Å². The first-order valence-corrected chi connectivity index (χ1v) is 7.11. The van der Waals surface area contributed by atoms with Gasteiger partial charge in [-0.15, -0.1) is 0 Å². The molecule has 110 valence electrons. The fourth-order valence-corrected chi connectivity index (χ4v) is 2.92. The predicted octanol–water partition coefficient (Wildman–Crippen LogP) is 4.28. The Morgan fingerprint density at radius 3 is 2.70 bits per heavy atom. The van der Waals surface area contributed by atoms with Crippen molar-refractivity contribution in [1.82, 2.24) is 0 Å². The van der Waals surface area contributed by atoms with Gasteiger partial charge < -0.3 is 5.32 Å². The summed E-state index contributed by atoms with van der Waals surface area (Å²) in [6.07, 6.45) is 3.32. The van der Waals surface area contributed by atoms with Gasteiger partial charge in [0, 0.05) is 6.04 Å². The average molecular weight is 280 g/mol. The Kier molecular flexibility index (Phi) is 4.26. The Hall–Kier alpha value is -1.65. The molecule has 0 heterocycles. The summed E-state index contributed by atoms with van der Waals surface area (Å²) in [5, 5.41) is 14.3. The summed E-state index contributed by atoms with van der Waals surface area (Å²) < 4.78 is 13.5. The molecular weight excluding hydrogens is 259 g/mol. The van der Waals surface area contributed by atoms with E-state index in [1.54, 1.807) is 13.0 Å². The maximum absolute atomic E-state index is 13.5. The lowest BCUT2D eigenvalue weighted by molar-refractivity contribution is -0.384. The first-order valence-electron chi connectivity index (χ1n) is 7.11. The SMILES string of the molecule is Cc1cc(NC2CCCC(C)C2C)c([N+](=O)[O-])cc1F. The van der Waals surface area contributed by atoms with Crippen molar-refractivity contribution in [2.45, 2.75) is 46.1 Å². The van der Waals surface area contributed by atoms with E-state index in [2.05, 4.69) is 19.2 Å². The van der Waals surface area contributed by atoms with Gasteiger partial charge in [-0.2, -0.15) is 0 Å². The molecule has 0 aliphatic heterocycles. The van der Waals surface area contributed by atoms with Crippen LogP contribution in [-0.4, -0.2) is 11.0 Å². The normalized spacial score (nSPS) is 26.3. The highest BCUT2D eigenvalue weighted by Gasteiger charge is 2.29. The van der Waals surface area contributed by atoms with Gasteiger partial charge in [0.1, 0.15) is 11.5 Å². The molecule has 0 saturated heterocycles. The quantitative estimate of drug-likeness (QED) is 0.664. The van der Waals surface area contributed by atoms with E-state index in [-0.39, 0.29) is 11.7 Å². The van der Waals surface area contributed by atoms with Crippen LogP contribution in [-0.2, 0) is 0 Å². The molecule has 0 radical (unpaired) electrons. The average Bonchev–Trinajstić information content (AvgIpc) is 2.38. The Bertz CT molecular complexity index is 519. The molecule has 20 heavy (non-hydrogen) atoms. The topological polar surface area (TPSA) is 55.2 Å². The molecule has 3 atom stereocenters. The number of nitro benzene ring substituents is 1. The van der Waals surface area contributed by atoms with E-state index in [9.17, 15) is 14.5 Å². The second-order valence-electron chi connectivity index (χ2n) is 5.89. The fourth-order valence-electron chi connectivity index (χ4n) is 2.92. The second-order valence-corrected chi connectivity index (χ2v) is 5.89. The molecule has 3 unspecified atom stereocenters. The van der Waals surface area contributed by atoms with Gasteiger partial charge in [-0.05, 0) is 36.8 Å². The molecule has 1 aromatic carbocycles. The number of anilines is 1. The van der Waals surface area contributed by atoms with Gasteiger partial charge in [-0.1, -0.05) is 26.7 Å². The van der Waals surface area contributed by atoms with E-state index in [4.69, 9.17) is 0 Å². The van der Waals surface area contributed by atoms with Crippen LogP contribution in [0.15, 0.2) is 12.1 Å². The van der Waals surface area contributed by atoms with Crippen LogP contribution in [0, 0.1) is 34.7 Å². The number of aryl methyl sites for hydroxylation is 1. The van der Waals surface area contributed by atoms with Gasteiger partial charge in [0.2, 0.25) is 0 Å². The third-order valence-corrected chi connectivity index (χ3v) is 4.52. The van der Waals surface area contributed by atoms with Gasteiger partial charge in [0.05, 0.1) is 11.0 Å². The van der Waals surface area contributed by atoms with Crippen molar-refractivity contribution >= 4 is 11.4 Å². The van der Waals surface area contributed by atoms with E-state index in [0.29, 0.717) is 23.1 Å². The third-order valence-electron chi connectivity index (χ3n) is 4.52. The number of hydrogen-bond acceptors (Lipinski definition) is 3. The first kappa shape index (κ1) is 14.8. The Balaban J connectivity index is 2.28. The lowest BCUT2D eigenvalue weighted by atomic mass is 9.78. The number of rotatable bonds is 3. The van der Waals surface area contributed by atoms with E-state index < -0.39 is 10.7 Å². The fraction of sp³-hybridized carbons (Fsp3) is 0.600. The summed E-state index contributed by atoms with van der Waals surface area (Å²) in [6.45, 7) is 6.00. The predicted molar refractivity (Wildman–Crippen MR) is 77.4 cm³/mol. The van der Waals surface area contributed by atoms with E-state index >= 15 is 0 Å². The maximum Gasteiger partial charge on any atom is 0.295 e. The summed E-state index contributed by atoms with van der Waals surface area (Å²) in [4.78, 5) is 10.5. The molecule has 0 spiro atoms. The van der Waals surface area contributed by atoms with Crippen molar-refractivity contribution in [2.24, 2.45) is 11.8 Å². The molecule has 1 aromatic rings. The molecular formula is C15H21FN2O2. The highest BCUT2D eigenvalue weighted by molar-refractivity contribution is 5.63. The van der Waals surface area contributed by atoms with Crippen LogP contribution in [0.25, 0.3) is 0 Å². The molecule has 1 N–H and O–H groups in total. The standard InChI is InChI=1S/C15H21FN2O2/c1-9-5-4-6-13(11(9)3)17-14-7-10(2)12(16)8-15(14)18(19)20/h7-9,11,13,17H,4-6H2,1-3H3. The van der Waals surface area contributed by atoms with Crippen LogP contribution in [0.1, 0.15) is 38.7 Å². The van der Waals surface area contributed by atoms with Crippen molar-refractivity contribution < 1.29 is 9.31 Å². The molecule has 1 aliphatic rings. The zero-order valence-electron chi connectivity index (χ0n) is 12.1. The van der Waals surface area contributed by atoms with Crippen LogP contribution in [0.3, 0.4) is 0 Å². The number of hydrogen-bond donors (Lipinski definition) is 1. The highest BCUT2D eigenvalue weighted by Crippen LogP contribution is 2.34. The van der Waals surface area contributed by atoms with Gasteiger partial charge in [-0.3, -0.25) is 10.1 Å². The van der Waals surface area contributed by atoms with Crippen LogP contribution in [0.4, 0.5) is 15.8 Å². The van der Waals surface area contributed by atoms with Crippen molar-refractivity contribution in [2.75, 3.05) is 5.32 Å². The van der Waals surface area contributed by atoms with E-state index in [0.717, 1.165) is 18.9 Å². The van der Waals surface area contributed by atoms with Gasteiger partial charge >= 0.3 is 0 Å². The summed E-state index contributed by atoms with van der Waals surface area (Å²) in [5.41, 5.74) is 0.674. The third kappa shape index (κ3) is 2.92. The lowest BCUT2D eigenvalue weighted by Crippen LogP contribution is -2.35. The van der Waals surface area contributed by atoms with Crippen LogP contribution in [0.5, 0.6) is 0 Å². The van der Waals surface area contributed by atoms with Crippen molar-refractivity contribution in [3.05, 3.63) is 33.6 Å². The van der Waals surface area contributed by atoms with E-state index in [1.807, 2.05) is 0 Å². The number of benzene rings is 1. The summed E-state index contributed by atoms with van der Waals surface area (Å²) in [6, 6.07) is 2.76. The number of nitro groups is 1. The molecule has 1 saturated carbocycles. The number of nitrogens with one attached hydrogen (secondary N) is 1. The van der Waals surface area contributed by atoms with Gasteiger partial charge in [0.15, 0.2) is 0 Å². The minimum Gasteiger partial charge on any atom is -0.376 e. The minimum atomic E-state index is -0.535. The molecule has 5 heteroatoms. The number of halogens is 1. The Morgan fingerprint density at radius 2 is 2.05 bits per heavy atom. The molecule has 1 aliphatic carbocycles. The zero-order valence-corrected chi connectivity index (χ0v) is 12.1. The maximum atomic E-state index is 13.5. The monoisotopic (exact) mass is 280 g/mol. The highest BCUT2D eigenvalue weighted by atomic mass is 19.1. The van der Waals surface area contributed by atoms with Crippen LogP contribution in [0.2, 0.25) is 0 Å². The first-order chi connectivity index (χ1) is 9.40. The smallest absolute Gasteiger partial charge is 0.295 e.